The number of ketones is 1. The Morgan fingerprint density at radius 1 is 1.47 bits per heavy atom. The van der Waals surface area contributed by atoms with Crippen molar-refractivity contribution in [2.45, 2.75) is 39.5 Å². The van der Waals surface area contributed by atoms with E-state index in [0.717, 1.165) is 13.0 Å². The minimum atomic E-state index is 0.0357. The maximum atomic E-state index is 11.2. The molecule has 0 aliphatic rings. The number of rotatable bonds is 7. The third kappa shape index (κ3) is 3.73. The Kier molecular flexibility index (Phi) is 4.87. The van der Waals surface area contributed by atoms with Crippen molar-refractivity contribution >= 4 is 5.78 Å². The van der Waals surface area contributed by atoms with Crippen molar-refractivity contribution < 1.29 is 4.79 Å². The smallest absolute Gasteiger partial charge is 0.179 e. The summed E-state index contributed by atoms with van der Waals surface area (Å²) in [5, 5.41) is 0. The number of unbranched alkanes of at least 4 members (excludes halogenated alkanes) is 3. The van der Waals surface area contributed by atoms with Gasteiger partial charge in [0.15, 0.2) is 5.78 Å². The first-order valence-electron chi connectivity index (χ1n) is 5.53. The molecule has 4 heteroatoms. The van der Waals surface area contributed by atoms with Gasteiger partial charge < -0.3 is 5.43 Å². The summed E-state index contributed by atoms with van der Waals surface area (Å²) < 4.78 is 1.70. The first-order valence-corrected chi connectivity index (χ1v) is 5.53. The Balaban J connectivity index is 2.31. The summed E-state index contributed by atoms with van der Waals surface area (Å²) in [7, 11) is 0. The Labute approximate surface area is 90.7 Å². The predicted molar refractivity (Wildman–Crippen MR) is 60.6 cm³/mol. The molecule has 0 fully saturated rings. The lowest BCUT2D eigenvalue weighted by Crippen LogP contribution is -2.19. The standard InChI is InChI=1S/C11H19N3O/c1-3-4-5-6-7-13-14-9-12-8-11(14)10(2)15/h8-9,13H,3-7H2,1-2H3. The van der Waals surface area contributed by atoms with Crippen LogP contribution in [-0.4, -0.2) is 22.0 Å². The molecule has 0 atom stereocenters. The zero-order chi connectivity index (χ0) is 11.1. The minimum Gasteiger partial charge on any atom is -0.324 e. The molecule has 0 aromatic carbocycles. The topological polar surface area (TPSA) is 46.9 Å². The van der Waals surface area contributed by atoms with E-state index in [4.69, 9.17) is 0 Å². The lowest BCUT2D eigenvalue weighted by atomic mass is 10.2. The molecule has 0 unspecified atom stereocenters. The molecule has 0 aliphatic carbocycles. The lowest BCUT2D eigenvalue weighted by molar-refractivity contribution is 0.101. The Morgan fingerprint density at radius 2 is 2.27 bits per heavy atom. The number of hydrogen-bond acceptors (Lipinski definition) is 3. The first kappa shape index (κ1) is 11.8. The van der Waals surface area contributed by atoms with Crippen LogP contribution in [0.2, 0.25) is 0 Å². The molecule has 1 N–H and O–H groups in total. The van der Waals surface area contributed by atoms with E-state index < -0.39 is 0 Å². The van der Waals surface area contributed by atoms with Crippen molar-refractivity contribution in [2.24, 2.45) is 0 Å². The summed E-state index contributed by atoms with van der Waals surface area (Å²) in [4.78, 5) is 15.1. The molecule has 0 saturated heterocycles. The highest BCUT2D eigenvalue weighted by Gasteiger charge is 2.05. The Morgan fingerprint density at radius 3 is 2.93 bits per heavy atom. The minimum absolute atomic E-state index is 0.0357. The highest BCUT2D eigenvalue weighted by molar-refractivity contribution is 5.92. The third-order valence-corrected chi connectivity index (χ3v) is 2.31. The number of carbonyl (C=O) groups excluding carboxylic acids is 1. The van der Waals surface area contributed by atoms with E-state index in [0.29, 0.717) is 5.69 Å². The number of hydrogen-bond donors (Lipinski definition) is 1. The average molecular weight is 209 g/mol. The van der Waals surface area contributed by atoms with Gasteiger partial charge in [-0.05, 0) is 6.42 Å². The van der Waals surface area contributed by atoms with Crippen molar-refractivity contribution in [3.63, 3.8) is 0 Å². The molecule has 1 rings (SSSR count). The van der Waals surface area contributed by atoms with Crippen molar-refractivity contribution in [3.8, 4) is 0 Å². The van der Waals surface area contributed by atoms with Crippen molar-refractivity contribution in [2.75, 3.05) is 12.0 Å². The van der Waals surface area contributed by atoms with Crippen LogP contribution in [0.4, 0.5) is 0 Å². The van der Waals surface area contributed by atoms with Crippen LogP contribution < -0.4 is 5.43 Å². The van der Waals surface area contributed by atoms with E-state index in [2.05, 4.69) is 17.3 Å². The number of carbonyl (C=O) groups is 1. The zero-order valence-corrected chi connectivity index (χ0v) is 9.49. The molecule has 0 radical (unpaired) electrons. The van der Waals surface area contributed by atoms with Gasteiger partial charge >= 0.3 is 0 Å². The molecule has 4 nitrogen and oxygen atoms in total. The molecule has 0 amide bonds. The molecular weight excluding hydrogens is 190 g/mol. The largest absolute Gasteiger partial charge is 0.324 e. The highest BCUT2D eigenvalue weighted by atomic mass is 16.1. The quantitative estimate of drug-likeness (QED) is 0.553. The summed E-state index contributed by atoms with van der Waals surface area (Å²) in [5.74, 6) is 0.0357. The maximum Gasteiger partial charge on any atom is 0.179 e. The van der Waals surface area contributed by atoms with Gasteiger partial charge in [0.05, 0.1) is 6.20 Å². The molecule has 1 aromatic rings. The van der Waals surface area contributed by atoms with Gasteiger partial charge in [-0.1, -0.05) is 26.2 Å². The summed E-state index contributed by atoms with van der Waals surface area (Å²) in [6.45, 7) is 4.63. The second-order valence-corrected chi connectivity index (χ2v) is 3.67. The summed E-state index contributed by atoms with van der Waals surface area (Å²) >= 11 is 0. The van der Waals surface area contributed by atoms with Crippen molar-refractivity contribution in [1.29, 1.82) is 0 Å². The molecule has 84 valence electrons. The molecule has 1 heterocycles. The number of Topliss-reactive ketones (excluding diaryl/α,β-unsaturated/α-hetero) is 1. The predicted octanol–water partition coefficient (Wildman–Crippen LogP) is 2.21. The van der Waals surface area contributed by atoms with E-state index in [1.54, 1.807) is 24.1 Å². The van der Waals surface area contributed by atoms with E-state index >= 15 is 0 Å². The maximum absolute atomic E-state index is 11.2. The monoisotopic (exact) mass is 209 g/mol. The second-order valence-electron chi connectivity index (χ2n) is 3.67. The summed E-state index contributed by atoms with van der Waals surface area (Å²) in [6.07, 6.45) is 8.09. The molecule has 0 spiro atoms. The molecular formula is C11H19N3O. The van der Waals surface area contributed by atoms with Gasteiger partial charge in [0.2, 0.25) is 0 Å². The van der Waals surface area contributed by atoms with Crippen LogP contribution in [-0.2, 0) is 0 Å². The summed E-state index contributed by atoms with van der Waals surface area (Å²) in [5.41, 5.74) is 3.78. The van der Waals surface area contributed by atoms with Crippen LogP contribution >= 0.6 is 0 Å². The fraction of sp³-hybridized carbons (Fsp3) is 0.636. The van der Waals surface area contributed by atoms with Crippen molar-refractivity contribution in [1.82, 2.24) is 9.66 Å². The van der Waals surface area contributed by atoms with E-state index in [1.165, 1.54) is 19.3 Å². The average Bonchev–Trinajstić information content (AvgIpc) is 2.66. The van der Waals surface area contributed by atoms with E-state index in [9.17, 15) is 4.79 Å². The van der Waals surface area contributed by atoms with Gasteiger partial charge in [-0.15, -0.1) is 0 Å². The van der Waals surface area contributed by atoms with Crippen LogP contribution in [0.3, 0.4) is 0 Å². The summed E-state index contributed by atoms with van der Waals surface area (Å²) in [6, 6.07) is 0. The number of nitrogens with zero attached hydrogens (tertiary/aromatic N) is 2. The highest BCUT2D eigenvalue weighted by Crippen LogP contribution is 2.00. The second kappa shape index (κ2) is 6.22. The molecule has 1 aromatic heterocycles. The molecule has 0 aliphatic heterocycles. The van der Waals surface area contributed by atoms with Gasteiger partial charge in [-0.25, -0.2) is 9.66 Å². The SMILES string of the molecule is CCCCCCNn1cncc1C(C)=O. The molecule has 0 saturated carbocycles. The van der Waals surface area contributed by atoms with Gasteiger partial charge in [0, 0.05) is 13.5 Å². The Bertz CT molecular complexity index is 307. The molecule has 0 bridgehead atoms. The van der Waals surface area contributed by atoms with E-state index in [1.807, 2.05) is 0 Å². The zero-order valence-electron chi connectivity index (χ0n) is 9.49. The van der Waals surface area contributed by atoms with Crippen LogP contribution in [0.1, 0.15) is 50.0 Å². The third-order valence-electron chi connectivity index (χ3n) is 2.31. The van der Waals surface area contributed by atoms with Crippen molar-refractivity contribution in [3.05, 3.63) is 18.2 Å². The fourth-order valence-corrected chi connectivity index (χ4v) is 1.43. The number of aromatic nitrogens is 2. The van der Waals surface area contributed by atoms with Crippen LogP contribution in [0.15, 0.2) is 12.5 Å². The van der Waals surface area contributed by atoms with Crippen LogP contribution in [0.5, 0.6) is 0 Å². The van der Waals surface area contributed by atoms with Crippen LogP contribution in [0, 0.1) is 0 Å². The first-order chi connectivity index (χ1) is 7.25. The van der Waals surface area contributed by atoms with Gasteiger partial charge in [-0.3, -0.25) is 4.79 Å². The van der Waals surface area contributed by atoms with Gasteiger partial charge in [0.1, 0.15) is 12.0 Å². The number of nitrogens with one attached hydrogen (secondary N) is 1. The van der Waals surface area contributed by atoms with E-state index in [-0.39, 0.29) is 5.78 Å². The van der Waals surface area contributed by atoms with Gasteiger partial charge in [-0.2, -0.15) is 0 Å². The number of imidazole rings is 1. The molecule has 15 heavy (non-hydrogen) atoms. The lowest BCUT2D eigenvalue weighted by Gasteiger charge is -2.08. The van der Waals surface area contributed by atoms with Gasteiger partial charge in [0.25, 0.3) is 0 Å². The normalized spacial score (nSPS) is 10.3. The Hall–Kier alpha value is -1.32. The fourth-order valence-electron chi connectivity index (χ4n) is 1.43. The van der Waals surface area contributed by atoms with Crippen LogP contribution in [0.25, 0.3) is 0 Å².